The number of nitrogens with zero attached hydrogens (tertiary/aromatic N) is 2. The minimum absolute atomic E-state index is 0.546. The van der Waals surface area contributed by atoms with Crippen molar-refractivity contribution in [2.75, 3.05) is 38.3 Å². The van der Waals surface area contributed by atoms with Gasteiger partial charge in [0, 0.05) is 49.1 Å². The van der Waals surface area contributed by atoms with E-state index in [0.29, 0.717) is 6.04 Å². The Balaban J connectivity index is 1.73. The first-order valence-electron chi connectivity index (χ1n) is 7.18. The molecule has 4 nitrogen and oxygen atoms in total. The molecule has 108 valence electrons. The summed E-state index contributed by atoms with van der Waals surface area (Å²) < 4.78 is 6.41. The van der Waals surface area contributed by atoms with Crippen LogP contribution in [-0.4, -0.2) is 44.4 Å². The predicted molar refractivity (Wildman–Crippen MR) is 84.7 cm³/mol. The Morgan fingerprint density at radius 1 is 1.50 bits per heavy atom. The molecular formula is C15H21N3OS. The van der Waals surface area contributed by atoms with Gasteiger partial charge in [-0.25, -0.2) is 4.98 Å². The second-order valence-electron chi connectivity index (χ2n) is 5.15. The molecule has 0 aliphatic carbocycles. The van der Waals surface area contributed by atoms with Crippen molar-refractivity contribution in [3.63, 3.8) is 0 Å². The van der Waals surface area contributed by atoms with Crippen molar-refractivity contribution >= 4 is 27.2 Å². The van der Waals surface area contributed by atoms with E-state index < -0.39 is 0 Å². The van der Waals surface area contributed by atoms with E-state index in [9.17, 15) is 0 Å². The third-order valence-corrected chi connectivity index (χ3v) is 4.75. The van der Waals surface area contributed by atoms with Crippen LogP contribution in [-0.2, 0) is 4.74 Å². The van der Waals surface area contributed by atoms with Crippen molar-refractivity contribution < 1.29 is 4.74 Å². The predicted octanol–water partition coefficient (Wildman–Crippen LogP) is 2.50. The lowest BCUT2D eigenvalue weighted by Crippen LogP contribution is -2.39. The first kappa shape index (κ1) is 13.8. The number of pyridine rings is 1. The second kappa shape index (κ2) is 6.52. The maximum absolute atomic E-state index is 5.08. The van der Waals surface area contributed by atoms with Crippen molar-refractivity contribution in [3.8, 4) is 0 Å². The van der Waals surface area contributed by atoms with E-state index in [0.717, 1.165) is 32.1 Å². The molecule has 20 heavy (non-hydrogen) atoms. The topological polar surface area (TPSA) is 37.4 Å². The third-order valence-electron chi connectivity index (χ3n) is 3.87. The summed E-state index contributed by atoms with van der Waals surface area (Å²) in [5.41, 5.74) is 0. The van der Waals surface area contributed by atoms with Gasteiger partial charge in [-0.15, -0.1) is 11.3 Å². The van der Waals surface area contributed by atoms with E-state index in [4.69, 9.17) is 4.74 Å². The number of ether oxygens (including phenoxy) is 1. The van der Waals surface area contributed by atoms with Gasteiger partial charge in [0.15, 0.2) is 0 Å². The molecule has 0 saturated carbocycles. The quantitative estimate of drug-likeness (QED) is 0.830. The number of aromatic nitrogens is 1. The number of methoxy groups -OCH3 is 1. The minimum atomic E-state index is 0.546. The number of thiophene rings is 1. The number of rotatable bonds is 6. The Kier molecular flexibility index (Phi) is 4.50. The Labute approximate surface area is 123 Å². The molecule has 0 amide bonds. The molecule has 1 aliphatic rings. The normalized spacial score (nSPS) is 19.1. The van der Waals surface area contributed by atoms with E-state index in [1.807, 2.05) is 6.20 Å². The number of fused-ring (bicyclic) bond motifs is 1. The molecule has 3 rings (SSSR count). The first-order valence-corrected chi connectivity index (χ1v) is 8.06. The molecule has 1 N–H and O–H groups in total. The van der Waals surface area contributed by atoms with Crippen molar-refractivity contribution in [2.45, 2.75) is 18.9 Å². The summed E-state index contributed by atoms with van der Waals surface area (Å²) in [7, 11) is 1.74. The molecule has 2 aromatic rings. The average Bonchev–Trinajstić information content (AvgIpc) is 3.11. The van der Waals surface area contributed by atoms with Crippen molar-refractivity contribution in [1.29, 1.82) is 0 Å². The maximum Gasteiger partial charge on any atom is 0.137 e. The summed E-state index contributed by atoms with van der Waals surface area (Å²) in [6.45, 7) is 3.80. The van der Waals surface area contributed by atoms with Gasteiger partial charge in [-0.3, -0.25) is 0 Å². The zero-order valence-electron chi connectivity index (χ0n) is 11.8. The molecule has 1 saturated heterocycles. The number of hydrogen-bond acceptors (Lipinski definition) is 5. The lowest BCUT2D eigenvalue weighted by Gasteiger charge is -2.26. The lowest BCUT2D eigenvalue weighted by atomic mass is 10.2. The van der Waals surface area contributed by atoms with Crippen LogP contribution in [0, 0.1) is 0 Å². The molecule has 1 fully saturated rings. The largest absolute Gasteiger partial charge is 0.383 e. The molecule has 0 aromatic carbocycles. The van der Waals surface area contributed by atoms with E-state index in [1.165, 1.54) is 22.9 Å². The van der Waals surface area contributed by atoms with E-state index in [2.05, 4.69) is 32.7 Å². The molecule has 5 heteroatoms. The number of hydrogen-bond donors (Lipinski definition) is 1. The molecule has 0 radical (unpaired) electrons. The summed E-state index contributed by atoms with van der Waals surface area (Å²) in [4.78, 5) is 7.10. The van der Waals surface area contributed by atoms with Crippen LogP contribution in [0.25, 0.3) is 10.1 Å². The average molecular weight is 291 g/mol. The summed E-state index contributed by atoms with van der Waals surface area (Å²) >= 11 is 1.79. The highest BCUT2D eigenvalue weighted by atomic mass is 32.1. The van der Waals surface area contributed by atoms with Crippen LogP contribution in [0.1, 0.15) is 12.8 Å². The van der Waals surface area contributed by atoms with Gasteiger partial charge in [0.1, 0.15) is 5.82 Å². The van der Waals surface area contributed by atoms with E-state index in [1.54, 1.807) is 18.4 Å². The van der Waals surface area contributed by atoms with E-state index in [-0.39, 0.29) is 0 Å². The monoisotopic (exact) mass is 291 g/mol. The van der Waals surface area contributed by atoms with Crippen LogP contribution in [0.2, 0.25) is 0 Å². The van der Waals surface area contributed by atoms with Gasteiger partial charge in [-0.05, 0) is 30.4 Å². The summed E-state index contributed by atoms with van der Waals surface area (Å²) in [6, 6.07) is 4.84. The number of anilines is 1. The molecule has 3 heterocycles. The molecular weight excluding hydrogens is 270 g/mol. The lowest BCUT2D eigenvalue weighted by molar-refractivity contribution is 0.199. The van der Waals surface area contributed by atoms with Crippen LogP contribution in [0.4, 0.5) is 5.82 Å². The first-order chi connectivity index (χ1) is 9.90. The van der Waals surface area contributed by atoms with Crippen LogP contribution < -0.4 is 10.2 Å². The Morgan fingerprint density at radius 3 is 3.35 bits per heavy atom. The molecule has 1 unspecified atom stereocenters. The van der Waals surface area contributed by atoms with Crippen molar-refractivity contribution in [1.82, 2.24) is 10.3 Å². The smallest absolute Gasteiger partial charge is 0.137 e. The summed E-state index contributed by atoms with van der Waals surface area (Å²) in [5, 5.41) is 6.92. The molecule has 1 atom stereocenters. The zero-order chi connectivity index (χ0) is 13.8. The van der Waals surface area contributed by atoms with E-state index >= 15 is 0 Å². The van der Waals surface area contributed by atoms with Gasteiger partial charge >= 0.3 is 0 Å². The van der Waals surface area contributed by atoms with Crippen LogP contribution in [0.3, 0.4) is 0 Å². The third kappa shape index (κ3) is 2.80. The fourth-order valence-electron chi connectivity index (χ4n) is 2.88. The SMILES string of the molecule is COCCNCC1CCCN1c1nccc2sccc12. The number of nitrogens with one attached hydrogen (secondary N) is 1. The zero-order valence-corrected chi connectivity index (χ0v) is 12.7. The fourth-order valence-corrected chi connectivity index (χ4v) is 3.65. The Bertz CT molecular complexity index is 557. The standard InChI is InChI=1S/C15H21N3OS/c1-19-9-7-16-11-12-3-2-8-18(12)15-13-5-10-20-14(13)4-6-17-15/h4-6,10,12,16H,2-3,7-9,11H2,1H3. The van der Waals surface area contributed by atoms with Crippen LogP contribution in [0.15, 0.2) is 23.7 Å². The highest BCUT2D eigenvalue weighted by Gasteiger charge is 2.26. The van der Waals surface area contributed by atoms with Crippen LogP contribution >= 0.6 is 11.3 Å². The van der Waals surface area contributed by atoms with Gasteiger partial charge < -0.3 is 15.0 Å². The molecule has 0 spiro atoms. The van der Waals surface area contributed by atoms with Gasteiger partial charge in [0.05, 0.1) is 6.61 Å². The highest BCUT2D eigenvalue weighted by molar-refractivity contribution is 7.17. The van der Waals surface area contributed by atoms with Gasteiger partial charge in [-0.2, -0.15) is 0 Å². The van der Waals surface area contributed by atoms with Gasteiger partial charge in [0.2, 0.25) is 0 Å². The Morgan fingerprint density at radius 2 is 2.45 bits per heavy atom. The maximum atomic E-state index is 5.08. The fraction of sp³-hybridized carbons (Fsp3) is 0.533. The summed E-state index contributed by atoms with van der Waals surface area (Å²) in [6.07, 6.45) is 4.42. The van der Waals surface area contributed by atoms with Crippen molar-refractivity contribution in [3.05, 3.63) is 23.7 Å². The van der Waals surface area contributed by atoms with Crippen LogP contribution in [0.5, 0.6) is 0 Å². The van der Waals surface area contributed by atoms with Gasteiger partial charge in [0.25, 0.3) is 0 Å². The highest BCUT2D eigenvalue weighted by Crippen LogP contribution is 2.32. The molecule has 2 aromatic heterocycles. The van der Waals surface area contributed by atoms with Gasteiger partial charge in [-0.1, -0.05) is 0 Å². The molecule has 0 bridgehead atoms. The summed E-state index contributed by atoms with van der Waals surface area (Å²) in [5.74, 6) is 1.15. The molecule has 1 aliphatic heterocycles. The van der Waals surface area contributed by atoms with Crippen molar-refractivity contribution in [2.24, 2.45) is 0 Å². The Hall–Kier alpha value is -1.17. The second-order valence-corrected chi connectivity index (χ2v) is 6.10. The minimum Gasteiger partial charge on any atom is -0.383 e.